The van der Waals surface area contributed by atoms with Crippen molar-refractivity contribution in [1.29, 1.82) is 0 Å². The van der Waals surface area contributed by atoms with Crippen molar-refractivity contribution in [2.45, 2.75) is 6.54 Å². The van der Waals surface area contributed by atoms with Gasteiger partial charge in [-0.2, -0.15) is 0 Å². The summed E-state index contributed by atoms with van der Waals surface area (Å²) in [5.74, 6) is 1.43. The Hall–Kier alpha value is -3.16. The molecule has 0 fully saturated rings. The minimum Gasteiger partial charge on any atom is -0.464 e. The molecule has 0 amide bonds. The number of aromatic nitrogens is 5. The van der Waals surface area contributed by atoms with Gasteiger partial charge in [-0.15, -0.1) is 0 Å². The maximum atomic E-state index is 6.26. The van der Waals surface area contributed by atoms with Crippen LogP contribution in [0.3, 0.4) is 0 Å². The molecule has 3 aromatic rings. The number of nitrogen functional groups attached to an aromatic ring is 1. The molecular weight excluding hydrogens is 399 g/mol. The van der Waals surface area contributed by atoms with Gasteiger partial charge in [0, 0.05) is 28.9 Å². The summed E-state index contributed by atoms with van der Waals surface area (Å²) >= 11 is 12.5. The molecule has 9 heteroatoms. The fourth-order valence-electron chi connectivity index (χ4n) is 3.05. The highest BCUT2D eigenvalue weighted by atomic mass is 35.5. The van der Waals surface area contributed by atoms with E-state index in [9.17, 15) is 0 Å². The van der Waals surface area contributed by atoms with E-state index in [1.807, 2.05) is 24.3 Å². The molecule has 4 heterocycles. The second kappa shape index (κ2) is 6.47. The van der Waals surface area contributed by atoms with E-state index in [0.29, 0.717) is 39.8 Å². The van der Waals surface area contributed by atoms with Gasteiger partial charge in [-0.3, -0.25) is 4.98 Å². The average molecular weight is 411 g/mol. The van der Waals surface area contributed by atoms with Crippen LogP contribution in [-0.2, 0) is 6.54 Å². The van der Waals surface area contributed by atoms with Crippen molar-refractivity contribution < 1.29 is 4.42 Å². The highest BCUT2D eigenvalue weighted by molar-refractivity contribution is 6.35. The van der Waals surface area contributed by atoms with E-state index in [2.05, 4.69) is 19.9 Å². The zero-order valence-electron chi connectivity index (χ0n) is 14.3. The van der Waals surface area contributed by atoms with Gasteiger partial charge in [0.1, 0.15) is 5.58 Å². The molecule has 0 atom stereocenters. The number of nitrogens with zero attached hydrogens (tertiary/aromatic N) is 5. The standard InChI is InChI=1S/C19H12Cl2N6O/c20-13-6-23-7-14(21)12(13)8-27-9-24-17(22)16-19(27)26-18(25-16)11-2-1-10-3-4-28-15(10)5-11/h1-7,9H,8,22H2. The normalized spacial score (nSPS) is 11.5. The number of nitrogens with two attached hydrogens (primary N) is 1. The van der Waals surface area contributed by atoms with E-state index in [1.54, 1.807) is 29.6 Å². The summed E-state index contributed by atoms with van der Waals surface area (Å²) in [6, 6.07) is 7.70. The first-order valence-electron chi connectivity index (χ1n) is 8.34. The third kappa shape index (κ3) is 2.76. The minimum atomic E-state index is 0.302. The SMILES string of the molecule is Nc1ncn(Cc2c(Cl)cncc2Cl)c2nc(-c3ccc4ccoc4c3)nc1-2. The molecule has 1 aromatic carbocycles. The first-order valence-corrected chi connectivity index (χ1v) is 9.09. The Bertz CT molecular complexity index is 1270. The van der Waals surface area contributed by atoms with Crippen LogP contribution in [0.4, 0.5) is 5.82 Å². The Kier molecular flexibility index (Phi) is 3.92. The lowest BCUT2D eigenvalue weighted by molar-refractivity contribution is 0.616. The Labute approximate surface area is 169 Å². The van der Waals surface area contributed by atoms with Crippen LogP contribution in [-0.4, -0.2) is 24.5 Å². The predicted molar refractivity (Wildman–Crippen MR) is 107 cm³/mol. The summed E-state index contributed by atoms with van der Waals surface area (Å²) in [7, 11) is 0. The molecule has 7 nitrogen and oxygen atoms in total. The molecule has 0 unspecified atom stereocenters. The number of hydrogen-bond donors (Lipinski definition) is 1. The van der Waals surface area contributed by atoms with Crippen LogP contribution in [0.15, 0.2) is 53.7 Å². The number of anilines is 1. The van der Waals surface area contributed by atoms with E-state index < -0.39 is 0 Å². The molecule has 0 spiro atoms. The Morgan fingerprint density at radius 3 is 2.71 bits per heavy atom. The molecule has 2 aliphatic heterocycles. The number of fused-ring (bicyclic) bond motifs is 2. The molecular formula is C19H12Cl2N6O. The lowest BCUT2D eigenvalue weighted by Crippen LogP contribution is -2.10. The Morgan fingerprint density at radius 1 is 1.07 bits per heavy atom. The first-order chi connectivity index (χ1) is 13.6. The van der Waals surface area contributed by atoms with Crippen molar-refractivity contribution in [3.05, 3.63) is 64.9 Å². The summed E-state index contributed by atoms with van der Waals surface area (Å²) in [5.41, 5.74) is 8.86. The van der Waals surface area contributed by atoms with Crippen LogP contribution in [0.5, 0.6) is 0 Å². The topological polar surface area (TPSA) is 95.7 Å². The lowest BCUT2D eigenvalue weighted by Gasteiger charge is -2.13. The van der Waals surface area contributed by atoms with Crippen molar-refractivity contribution in [3.63, 3.8) is 0 Å². The molecule has 5 rings (SSSR count). The molecule has 2 aromatic heterocycles. The highest BCUT2D eigenvalue weighted by Gasteiger charge is 2.21. The van der Waals surface area contributed by atoms with Crippen LogP contribution in [0, 0.1) is 0 Å². The zero-order chi connectivity index (χ0) is 19.3. The van der Waals surface area contributed by atoms with Gasteiger partial charge in [0.25, 0.3) is 0 Å². The van der Waals surface area contributed by atoms with Crippen molar-refractivity contribution in [1.82, 2.24) is 24.5 Å². The predicted octanol–water partition coefficient (Wildman–Crippen LogP) is 4.52. The minimum absolute atomic E-state index is 0.302. The van der Waals surface area contributed by atoms with Gasteiger partial charge in [-0.05, 0) is 12.1 Å². The Morgan fingerprint density at radius 2 is 1.89 bits per heavy atom. The summed E-state index contributed by atoms with van der Waals surface area (Å²) < 4.78 is 7.28. The van der Waals surface area contributed by atoms with E-state index >= 15 is 0 Å². The zero-order valence-corrected chi connectivity index (χ0v) is 15.8. The van der Waals surface area contributed by atoms with Gasteiger partial charge in [0.2, 0.25) is 0 Å². The van der Waals surface area contributed by atoms with E-state index in [4.69, 9.17) is 33.4 Å². The van der Waals surface area contributed by atoms with Gasteiger partial charge >= 0.3 is 0 Å². The maximum absolute atomic E-state index is 6.26. The smallest absolute Gasteiger partial charge is 0.166 e. The molecule has 28 heavy (non-hydrogen) atoms. The van der Waals surface area contributed by atoms with Crippen LogP contribution in [0.1, 0.15) is 5.56 Å². The molecule has 0 aliphatic carbocycles. The van der Waals surface area contributed by atoms with Crippen molar-refractivity contribution in [3.8, 4) is 22.9 Å². The number of rotatable bonds is 3. The Balaban J connectivity index is 1.63. The van der Waals surface area contributed by atoms with E-state index in [-0.39, 0.29) is 0 Å². The number of halogens is 2. The summed E-state index contributed by atoms with van der Waals surface area (Å²) in [5, 5.41) is 1.94. The van der Waals surface area contributed by atoms with Crippen LogP contribution in [0.2, 0.25) is 10.0 Å². The van der Waals surface area contributed by atoms with E-state index in [0.717, 1.165) is 22.1 Å². The molecule has 0 bridgehead atoms. The summed E-state index contributed by atoms with van der Waals surface area (Å²) in [6.07, 6.45) is 6.34. The molecule has 0 radical (unpaired) electrons. The number of pyridine rings is 1. The monoisotopic (exact) mass is 410 g/mol. The summed E-state index contributed by atoms with van der Waals surface area (Å²) in [6.45, 7) is 0.360. The second-order valence-electron chi connectivity index (χ2n) is 6.23. The van der Waals surface area contributed by atoms with Crippen LogP contribution in [0.25, 0.3) is 33.9 Å². The lowest BCUT2D eigenvalue weighted by atomic mass is 10.1. The molecule has 0 saturated heterocycles. The second-order valence-corrected chi connectivity index (χ2v) is 7.05. The highest BCUT2D eigenvalue weighted by Crippen LogP contribution is 2.31. The molecule has 2 aliphatic rings. The third-order valence-corrected chi connectivity index (χ3v) is 5.14. The van der Waals surface area contributed by atoms with E-state index in [1.165, 1.54) is 0 Å². The third-order valence-electron chi connectivity index (χ3n) is 4.49. The average Bonchev–Trinajstić information content (AvgIpc) is 3.33. The fraction of sp³-hybridized carbons (Fsp3) is 0.0526. The van der Waals surface area contributed by atoms with Gasteiger partial charge in [0.05, 0.1) is 29.2 Å². The first kappa shape index (κ1) is 17.0. The molecule has 138 valence electrons. The van der Waals surface area contributed by atoms with Crippen molar-refractivity contribution >= 4 is 40.0 Å². The quantitative estimate of drug-likeness (QED) is 0.469. The number of hydrogen-bond acceptors (Lipinski definition) is 6. The number of furan rings is 1. The largest absolute Gasteiger partial charge is 0.464 e. The number of benzene rings is 1. The summed E-state index contributed by atoms with van der Waals surface area (Å²) in [4.78, 5) is 17.5. The van der Waals surface area contributed by atoms with Crippen molar-refractivity contribution in [2.24, 2.45) is 0 Å². The van der Waals surface area contributed by atoms with Gasteiger partial charge in [-0.1, -0.05) is 35.3 Å². The fourth-order valence-corrected chi connectivity index (χ4v) is 3.54. The maximum Gasteiger partial charge on any atom is 0.166 e. The van der Waals surface area contributed by atoms with Crippen LogP contribution >= 0.6 is 23.2 Å². The van der Waals surface area contributed by atoms with Gasteiger partial charge in [-0.25, -0.2) is 15.0 Å². The van der Waals surface area contributed by atoms with Crippen molar-refractivity contribution in [2.75, 3.05) is 5.73 Å². The molecule has 2 N–H and O–H groups in total. The van der Waals surface area contributed by atoms with Crippen LogP contribution < -0.4 is 5.73 Å². The molecule has 0 saturated carbocycles. The van der Waals surface area contributed by atoms with Gasteiger partial charge in [0.15, 0.2) is 23.2 Å². The van der Waals surface area contributed by atoms with Gasteiger partial charge < -0.3 is 14.7 Å². The number of imidazole rings is 1.